The molecule has 0 saturated carbocycles. The Morgan fingerprint density at radius 2 is 2.26 bits per heavy atom. The number of nitrogens with two attached hydrogens (primary N) is 1. The molecule has 0 aromatic heterocycles. The Morgan fingerprint density at radius 3 is 2.84 bits per heavy atom. The number of halogens is 1. The van der Waals surface area contributed by atoms with Gasteiger partial charge >= 0.3 is 0 Å². The fourth-order valence-corrected chi connectivity index (χ4v) is 2.99. The highest BCUT2D eigenvalue weighted by atomic mass is 35.5. The van der Waals surface area contributed by atoms with E-state index in [0.717, 1.165) is 30.8 Å². The average molecular weight is 299 g/mol. The molecule has 0 radical (unpaired) electrons. The summed E-state index contributed by atoms with van der Waals surface area (Å²) in [5.41, 5.74) is 7.45. The number of benzene rings is 1. The third kappa shape index (κ3) is 3.19. The molecule has 1 aliphatic rings. The van der Waals surface area contributed by atoms with E-state index in [4.69, 9.17) is 34.3 Å². The summed E-state index contributed by atoms with van der Waals surface area (Å²) in [7, 11) is 1.77. The number of methoxy groups -OCH3 is 1. The van der Waals surface area contributed by atoms with Crippen molar-refractivity contribution in [2.24, 2.45) is 11.7 Å². The van der Waals surface area contributed by atoms with Gasteiger partial charge in [-0.3, -0.25) is 0 Å². The summed E-state index contributed by atoms with van der Waals surface area (Å²) in [6.45, 7) is 4.14. The van der Waals surface area contributed by atoms with E-state index in [9.17, 15) is 0 Å². The van der Waals surface area contributed by atoms with Crippen LogP contribution in [0.15, 0.2) is 18.2 Å². The Hall–Kier alpha value is -0.840. The van der Waals surface area contributed by atoms with E-state index in [1.807, 2.05) is 18.2 Å². The van der Waals surface area contributed by atoms with Crippen molar-refractivity contribution in [3.05, 3.63) is 28.8 Å². The summed E-state index contributed by atoms with van der Waals surface area (Å²) in [6.07, 6.45) is 1.38. The number of piperidine rings is 1. The molecule has 19 heavy (non-hydrogen) atoms. The second-order valence-electron chi connectivity index (χ2n) is 5.01. The molecule has 1 fully saturated rings. The molecule has 2 unspecified atom stereocenters. The van der Waals surface area contributed by atoms with Gasteiger partial charge in [0.15, 0.2) is 0 Å². The minimum Gasteiger partial charge on any atom is -0.389 e. The topological polar surface area (TPSA) is 38.5 Å². The van der Waals surface area contributed by atoms with Crippen LogP contribution in [0.2, 0.25) is 5.02 Å². The largest absolute Gasteiger partial charge is 0.389 e. The highest BCUT2D eigenvalue weighted by Crippen LogP contribution is 2.28. The average Bonchev–Trinajstić information content (AvgIpc) is 2.38. The number of rotatable bonds is 3. The summed E-state index contributed by atoms with van der Waals surface area (Å²) >= 11 is 11.2. The van der Waals surface area contributed by atoms with Gasteiger partial charge in [0, 0.05) is 31.5 Å². The molecule has 5 heteroatoms. The minimum absolute atomic E-state index is 0.266. The Morgan fingerprint density at radius 1 is 1.53 bits per heavy atom. The Bertz CT molecular complexity index is 481. The van der Waals surface area contributed by atoms with Crippen LogP contribution in [0.25, 0.3) is 0 Å². The molecule has 1 aromatic carbocycles. The number of hydrogen-bond donors (Lipinski definition) is 1. The van der Waals surface area contributed by atoms with E-state index in [0.29, 0.717) is 15.9 Å². The maximum absolute atomic E-state index is 6.22. The van der Waals surface area contributed by atoms with Crippen molar-refractivity contribution in [2.45, 2.75) is 19.4 Å². The van der Waals surface area contributed by atoms with Gasteiger partial charge in [0.05, 0.1) is 11.1 Å². The van der Waals surface area contributed by atoms with Gasteiger partial charge in [-0.15, -0.1) is 0 Å². The molecule has 2 rings (SSSR count). The van der Waals surface area contributed by atoms with Crippen LogP contribution < -0.4 is 10.6 Å². The summed E-state index contributed by atoms with van der Waals surface area (Å²) < 4.78 is 5.53. The molecule has 1 saturated heterocycles. The molecule has 2 N–H and O–H groups in total. The second kappa shape index (κ2) is 6.07. The Labute approximate surface area is 124 Å². The highest BCUT2D eigenvalue weighted by Gasteiger charge is 2.26. The summed E-state index contributed by atoms with van der Waals surface area (Å²) in [6, 6.07) is 5.83. The van der Waals surface area contributed by atoms with Crippen LogP contribution in [0.1, 0.15) is 18.9 Å². The molecular weight excluding hydrogens is 280 g/mol. The second-order valence-corrected chi connectivity index (χ2v) is 5.86. The number of ether oxygens (including phenoxy) is 1. The first-order valence-electron chi connectivity index (χ1n) is 6.40. The van der Waals surface area contributed by atoms with Crippen LogP contribution in [0.5, 0.6) is 0 Å². The zero-order valence-corrected chi connectivity index (χ0v) is 12.8. The zero-order chi connectivity index (χ0) is 14.0. The third-order valence-corrected chi connectivity index (χ3v) is 4.31. The van der Waals surface area contributed by atoms with Gasteiger partial charge in [0.25, 0.3) is 0 Å². The van der Waals surface area contributed by atoms with Gasteiger partial charge in [0.1, 0.15) is 4.99 Å². The molecule has 1 aromatic rings. The van der Waals surface area contributed by atoms with Crippen LogP contribution in [-0.2, 0) is 4.74 Å². The standard InChI is InChI=1S/C14H19ClN2OS/c1-9-5-6-17(8-13(9)18-2)10-3-4-11(14(16)19)12(15)7-10/h3-4,7,9,13H,5-6,8H2,1-2H3,(H2,16,19). The van der Waals surface area contributed by atoms with E-state index in [1.54, 1.807) is 7.11 Å². The van der Waals surface area contributed by atoms with Gasteiger partial charge in [0.2, 0.25) is 0 Å². The molecule has 1 aliphatic heterocycles. The van der Waals surface area contributed by atoms with Crippen molar-refractivity contribution in [3.63, 3.8) is 0 Å². The Kier molecular flexibility index (Phi) is 4.66. The van der Waals surface area contributed by atoms with Crippen molar-refractivity contribution in [3.8, 4) is 0 Å². The van der Waals surface area contributed by atoms with Crippen molar-refractivity contribution < 1.29 is 4.74 Å². The van der Waals surface area contributed by atoms with Crippen LogP contribution in [0.3, 0.4) is 0 Å². The monoisotopic (exact) mass is 298 g/mol. The fraction of sp³-hybridized carbons (Fsp3) is 0.500. The zero-order valence-electron chi connectivity index (χ0n) is 11.2. The van der Waals surface area contributed by atoms with Gasteiger partial charge < -0.3 is 15.4 Å². The van der Waals surface area contributed by atoms with E-state index in [2.05, 4.69) is 11.8 Å². The van der Waals surface area contributed by atoms with Crippen LogP contribution in [0.4, 0.5) is 5.69 Å². The molecule has 0 aliphatic carbocycles. The smallest absolute Gasteiger partial charge is 0.105 e. The van der Waals surface area contributed by atoms with Crippen LogP contribution >= 0.6 is 23.8 Å². The van der Waals surface area contributed by atoms with Crippen molar-refractivity contribution >= 4 is 34.5 Å². The Balaban J connectivity index is 2.18. The fourth-order valence-electron chi connectivity index (χ4n) is 2.48. The van der Waals surface area contributed by atoms with Gasteiger partial charge in [-0.25, -0.2) is 0 Å². The van der Waals surface area contributed by atoms with Crippen LogP contribution in [-0.4, -0.2) is 31.3 Å². The minimum atomic E-state index is 0.266. The molecule has 104 valence electrons. The first-order chi connectivity index (χ1) is 9.02. The van der Waals surface area contributed by atoms with Crippen molar-refractivity contribution in [1.82, 2.24) is 0 Å². The highest BCUT2D eigenvalue weighted by molar-refractivity contribution is 7.80. The van der Waals surface area contributed by atoms with Crippen molar-refractivity contribution in [2.75, 3.05) is 25.1 Å². The summed E-state index contributed by atoms with van der Waals surface area (Å²) in [5, 5.41) is 0.609. The van der Waals surface area contributed by atoms with Gasteiger partial charge in [-0.05, 0) is 30.5 Å². The van der Waals surface area contributed by atoms with Crippen molar-refractivity contribution in [1.29, 1.82) is 0 Å². The van der Waals surface area contributed by atoms with Gasteiger partial charge in [-0.1, -0.05) is 30.7 Å². The molecule has 1 heterocycles. The number of thiocarbonyl (C=S) groups is 1. The molecule has 0 spiro atoms. The first kappa shape index (κ1) is 14.6. The van der Waals surface area contributed by atoms with Crippen LogP contribution in [0, 0.1) is 5.92 Å². The van der Waals surface area contributed by atoms with E-state index < -0.39 is 0 Å². The predicted molar refractivity (Wildman–Crippen MR) is 84.1 cm³/mol. The lowest BCUT2D eigenvalue weighted by Crippen LogP contribution is -2.43. The SMILES string of the molecule is COC1CN(c2ccc(C(N)=S)c(Cl)c2)CCC1C. The normalized spacial score (nSPS) is 23.4. The number of anilines is 1. The van der Waals surface area contributed by atoms with Gasteiger partial charge in [-0.2, -0.15) is 0 Å². The number of hydrogen-bond acceptors (Lipinski definition) is 3. The van der Waals surface area contributed by atoms with E-state index >= 15 is 0 Å². The third-order valence-electron chi connectivity index (χ3n) is 3.78. The van der Waals surface area contributed by atoms with E-state index in [-0.39, 0.29) is 6.10 Å². The lowest BCUT2D eigenvalue weighted by atomic mass is 9.95. The molecule has 0 amide bonds. The molecule has 3 nitrogen and oxygen atoms in total. The predicted octanol–water partition coefficient (Wildman–Crippen LogP) is 2.84. The van der Waals surface area contributed by atoms with E-state index in [1.165, 1.54) is 0 Å². The quantitative estimate of drug-likeness (QED) is 0.871. The lowest BCUT2D eigenvalue weighted by molar-refractivity contribution is 0.0498. The molecule has 0 bridgehead atoms. The summed E-state index contributed by atoms with van der Waals surface area (Å²) in [4.78, 5) is 2.63. The first-order valence-corrected chi connectivity index (χ1v) is 7.18. The maximum Gasteiger partial charge on any atom is 0.105 e. The molecule has 2 atom stereocenters. The maximum atomic E-state index is 6.22. The lowest BCUT2D eigenvalue weighted by Gasteiger charge is -2.37. The molecular formula is C14H19ClN2OS. The summed E-state index contributed by atoms with van der Waals surface area (Å²) in [5.74, 6) is 0.590. The number of nitrogens with zero attached hydrogens (tertiary/aromatic N) is 1.